The van der Waals surface area contributed by atoms with Gasteiger partial charge < -0.3 is 15.2 Å². The summed E-state index contributed by atoms with van der Waals surface area (Å²) in [6.45, 7) is -0.203. The number of carbonyl (C=O) groups is 1. The highest BCUT2D eigenvalue weighted by molar-refractivity contribution is 5.77. The molecule has 0 radical (unpaired) electrons. The molecule has 19 heavy (non-hydrogen) atoms. The van der Waals surface area contributed by atoms with E-state index < -0.39 is 18.6 Å². The summed E-state index contributed by atoms with van der Waals surface area (Å²) in [5.41, 5.74) is 0. The predicted octanol–water partition coefficient (Wildman–Crippen LogP) is 0.931. The average molecular weight is 278 g/mol. The second-order valence-electron chi connectivity index (χ2n) is 4.08. The molecule has 0 aromatic carbocycles. The van der Waals surface area contributed by atoms with Gasteiger partial charge in [-0.15, -0.1) is 0 Å². The lowest BCUT2D eigenvalue weighted by molar-refractivity contribution is -0.128. The van der Waals surface area contributed by atoms with Crippen LogP contribution in [0.15, 0.2) is 18.7 Å². The van der Waals surface area contributed by atoms with Crippen LogP contribution in [0.5, 0.6) is 0 Å². The van der Waals surface area contributed by atoms with E-state index in [4.69, 9.17) is 0 Å². The molecule has 0 aliphatic heterocycles. The fourth-order valence-corrected chi connectivity index (χ4v) is 1.45. The minimum Gasteiger partial charge on any atom is -0.355 e. The summed E-state index contributed by atoms with van der Waals surface area (Å²) in [7, 11) is 0. The fraction of sp³-hybridized carbons (Fsp3) is 0.636. The molecule has 0 saturated carbocycles. The molecule has 1 rings (SSSR count). The first-order chi connectivity index (χ1) is 8.97. The van der Waals surface area contributed by atoms with Gasteiger partial charge in [0, 0.05) is 25.5 Å². The monoisotopic (exact) mass is 278 g/mol. The van der Waals surface area contributed by atoms with Crippen LogP contribution in [0, 0.1) is 0 Å². The summed E-state index contributed by atoms with van der Waals surface area (Å²) in [5, 5.41) is 4.59. The topological polar surface area (TPSA) is 59.0 Å². The molecule has 0 fully saturated rings. The Morgan fingerprint density at radius 3 is 2.74 bits per heavy atom. The Morgan fingerprint density at radius 2 is 2.11 bits per heavy atom. The number of aromatic nitrogens is 2. The average Bonchev–Trinajstić information content (AvgIpc) is 2.79. The molecule has 0 aliphatic rings. The molecule has 5 nitrogen and oxygen atoms in total. The summed E-state index contributed by atoms with van der Waals surface area (Å²) in [4.78, 5) is 15.1. The van der Waals surface area contributed by atoms with E-state index in [-0.39, 0.29) is 6.54 Å². The number of hydrogen-bond acceptors (Lipinski definition) is 3. The normalized spacial score (nSPS) is 11.5. The highest BCUT2D eigenvalue weighted by Gasteiger charge is 2.26. The Morgan fingerprint density at radius 1 is 1.32 bits per heavy atom. The van der Waals surface area contributed by atoms with E-state index in [1.807, 2.05) is 16.1 Å². The molecule has 0 bridgehead atoms. The van der Waals surface area contributed by atoms with Crippen LogP contribution in [-0.2, 0) is 11.3 Å². The van der Waals surface area contributed by atoms with Gasteiger partial charge in [0.05, 0.1) is 19.4 Å². The maximum atomic E-state index is 11.8. The first-order valence-electron chi connectivity index (χ1n) is 5.97. The van der Waals surface area contributed by atoms with Crippen LogP contribution >= 0.6 is 0 Å². The van der Waals surface area contributed by atoms with Crippen LogP contribution in [0.2, 0.25) is 0 Å². The second-order valence-corrected chi connectivity index (χ2v) is 4.08. The van der Waals surface area contributed by atoms with Crippen LogP contribution in [0.3, 0.4) is 0 Å². The van der Waals surface area contributed by atoms with Crippen molar-refractivity contribution in [3.8, 4) is 0 Å². The lowest BCUT2D eigenvalue weighted by Gasteiger charge is -2.08. The van der Waals surface area contributed by atoms with Crippen molar-refractivity contribution in [1.82, 2.24) is 20.2 Å². The number of carbonyl (C=O) groups excluding carboxylic acids is 1. The van der Waals surface area contributed by atoms with Crippen molar-refractivity contribution < 1.29 is 18.0 Å². The number of nitrogens with zero attached hydrogens (tertiary/aromatic N) is 2. The van der Waals surface area contributed by atoms with Crippen LogP contribution in [0.25, 0.3) is 0 Å². The van der Waals surface area contributed by atoms with Crippen LogP contribution in [-0.4, -0.2) is 41.3 Å². The number of hydrogen-bond donors (Lipinski definition) is 2. The molecule has 2 N–H and O–H groups in total. The number of alkyl halides is 3. The standard InChI is InChI=1S/C11H17F3N4O/c12-11(13,14)8-16-7-10(19)17-3-1-2-5-18-6-4-15-9-18/h4,6,9,16H,1-3,5,7-8H2,(H,17,19). The highest BCUT2D eigenvalue weighted by Crippen LogP contribution is 2.11. The summed E-state index contributed by atoms with van der Waals surface area (Å²) in [6, 6.07) is 0. The Kier molecular flexibility index (Phi) is 6.34. The molecule has 8 heteroatoms. The Labute approximate surface area is 109 Å². The van der Waals surface area contributed by atoms with E-state index in [2.05, 4.69) is 10.3 Å². The lowest BCUT2D eigenvalue weighted by Crippen LogP contribution is -2.38. The van der Waals surface area contributed by atoms with E-state index in [1.165, 1.54) is 0 Å². The van der Waals surface area contributed by atoms with Crippen molar-refractivity contribution >= 4 is 5.91 Å². The van der Waals surface area contributed by atoms with Crippen molar-refractivity contribution in [1.29, 1.82) is 0 Å². The van der Waals surface area contributed by atoms with Crippen molar-refractivity contribution in [2.45, 2.75) is 25.6 Å². The van der Waals surface area contributed by atoms with Gasteiger partial charge >= 0.3 is 6.18 Å². The number of halogens is 3. The van der Waals surface area contributed by atoms with Gasteiger partial charge in [-0.3, -0.25) is 4.79 Å². The van der Waals surface area contributed by atoms with Crippen molar-refractivity contribution in [2.24, 2.45) is 0 Å². The Hall–Kier alpha value is -1.57. The molecule has 1 amide bonds. The molecule has 0 saturated heterocycles. The molecule has 0 spiro atoms. The highest BCUT2D eigenvalue weighted by atomic mass is 19.4. The molecule has 0 atom stereocenters. The zero-order chi connectivity index (χ0) is 14.1. The van der Waals surface area contributed by atoms with Gasteiger partial charge in [0.2, 0.25) is 5.91 Å². The molecular weight excluding hydrogens is 261 g/mol. The van der Waals surface area contributed by atoms with Gasteiger partial charge in [0.25, 0.3) is 0 Å². The van der Waals surface area contributed by atoms with Gasteiger partial charge in [-0.05, 0) is 12.8 Å². The van der Waals surface area contributed by atoms with Crippen LogP contribution in [0.4, 0.5) is 13.2 Å². The molecule has 0 unspecified atom stereocenters. The van der Waals surface area contributed by atoms with Gasteiger partial charge in [0.15, 0.2) is 0 Å². The number of aryl methyl sites for hydroxylation is 1. The van der Waals surface area contributed by atoms with Crippen LogP contribution in [0.1, 0.15) is 12.8 Å². The van der Waals surface area contributed by atoms with Gasteiger partial charge in [-0.2, -0.15) is 13.2 Å². The summed E-state index contributed by atoms with van der Waals surface area (Å²) < 4.78 is 37.3. The maximum absolute atomic E-state index is 11.8. The van der Waals surface area contributed by atoms with E-state index in [1.54, 1.807) is 12.5 Å². The quantitative estimate of drug-likeness (QED) is 0.696. The van der Waals surface area contributed by atoms with E-state index in [0.29, 0.717) is 6.54 Å². The molecule has 1 heterocycles. The maximum Gasteiger partial charge on any atom is 0.401 e. The fourth-order valence-electron chi connectivity index (χ4n) is 1.45. The lowest BCUT2D eigenvalue weighted by atomic mass is 10.3. The summed E-state index contributed by atoms with van der Waals surface area (Å²) >= 11 is 0. The van der Waals surface area contributed by atoms with Gasteiger partial charge in [-0.25, -0.2) is 4.98 Å². The molecule has 0 aliphatic carbocycles. The third-order valence-electron chi connectivity index (χ3n) is 2.34. The minimum absolute atomic E-state index is 0.318. The molecule has 1 aromatic heterocycles. The zero-order valence-electron chi connectivity index (χ0n) is 10.4. The predicted molar refractivity (Wildman–Crippen MR) is 63.4 cm³/mol. The van der Waals surface area contributed by atoms with Crippen LogP contribution < -0.4 is 10.6 Å². The van der Waals surface area contributed by atoms with E-state index in [0.717, 1.165) is 19.4 Å². The number of imidazole rings is 1. The van der Waals surface area contributed by atoms with Crippen molar-refractivity contribution in [2.75, 3.05) is 19.6 Å². The SMILES string of the molecule is O=C(CNCC(F)(F)F)NCCCCn1ccnc1. The second kappa shape index (κ2) is 7.78. The first kappa shape index (κ1) is 15.5. The Balaban J connectivity index is 1.95. The third-order valence-corrected chi connectivity index (χ3v) is 2.34. The third kappa shape index (κ3) is 8.20. The minimum atomic E-state index is -4.29. The van der Waals surface area contributed by atoms with Gasteiger partial charge in [-0.1, -0.05) is 0 Å². The smallest absolute Gasteiger partial charge is 0.355 e. The van der Waals surface area contributed by atoms with E-state index in [9.17, 15) is 18.0 Å². The first-order valence-corrected chi connectivity index (χ1v) is 5.97. The summed E-state index contributed by atoms with van der Waals surface area (Å²) in [5.74, 6) is -0.424. The van der Waals surface area contributed by atoms with E-state index >= 15 is 0 Å². The van der Waals surface area contributed by atoms with Gasteiger partial charge in [0.1, 0.15) is 0 Å². The molecule has 108 valence electrons. The number of rotatable bonds is 8. The summed E-state index contributed by atoms with van der Waals surface area (Å²) in [6.07, 6.45) is 2.59. The number of nitrogens with one attached hydrogen (secondary N) is 2. The molecule has 1 aromatic rings. The van der Waals surface area contributed by atoms with Crippen molar-refractivity contribution in [3.63, 3.8) is 0 Å². The van der Waals surface area contributed by atoms with Crippen molar-refractivity contribution in [3.05, 3.63) is 18.7 Å². The molecular formula is C11H17F3N4O. The number of amides is 1. The largest absolute Gasteiger partial charge is 0.401 e. The zero-order valence-corrected chi connectivity index (χ0v) is 10.4. The Bertz CT molecular complexity index is 365. The number of unbranched alkanes of at least 4 members (excludes halogenated alkanes) is 1.